The molecule has 23 heavy (non-hydrogen) atoms. The van der Waals surface area contributed by atoms with Crippen molar-refractivity contribution in [2.75, 3.05) is 31.1 Å². The van der Waals surface area contributed by atoms with Crippen LogP contribution in [-0.4, -0.2) is 48.6 Å². The molecule has 0 N–H and O–H groups in total. The Hall–Kier alpha value is -1.75. The van der Waals surface area contributed by atoms with Gasteiger partial charge in [-0.2, -0.15) is 0 Å². The lowest BCUT2D eigenvalue weighted by atomic mass is 10.1. The molecule has 0 aliphatic carbocycles. The van der Waals surface area contributed by atoms with Crippen LogP contribution in [0.4, 0.5) is 10.5 Å². The van der Waals surface area contributed by atoms with Gasteiger partial charge in [-0.15, -0.1) is 0 Å². The molecule has 0 unspecified atom stereocenters. The van der Waals surface area contributed by atoms with Gasteiger partial charge in [0, 0.05) is 31.7 Å². The summed E-state index contributed by atoms with van der Waals surface area (Å²) in [4.78, 5) is 27.5. The zero-order valence-electron chi connectivity index (χ0n) is 14.1. The van der Waals surface area contributed by atoms with Gasteiger partial charge in [0.05, 0.1) is 10.7 Å². The Bertz CT molecular complexity index is 602. The normalized spacial score (nSPS) is 15.5. The summed E-state index contributed by atoms with van der Waals surface area (Å²) in [7, 11) is 0. The molecule has 6 heteroatoms. The van der Waals surface area contributed by atoms with Crippen LogP contribution < -0.4 is 4.90 Å². The average Bonchev–Trinajstić information content (AvgIpc) is 2.45. The van der Waals surface area contributed by atoms with E-state index in [1.165, 1.54) is 6.92 Å². The van der Waals surface area contributed by atoms with Gasteiger partial charge in [-0.3, -0.25) is 4.79 Å². The van der Waals surface area contributed by atoms with Crippen LogP contribution in [0.1, 0.15) is 38.1 Å². The first-order valence-electron chi connectivity index (χ1n) is 7.71. The molecule has 1 amide bonds. The number of nitrogens with zero attached hydrogens (tertiary/aromatic N) is 2. The molecule has 1 aliphatic heterocycles. The molecule has 1 saturated heterocycles. The van der Waals surface area contributed by atoms with Gasteiger partial charge in [-0.25, -0.2) is 4.79 Å². The first-order chi connectivity index (χ1) is 10.7. The highest BCUT2D eigenvalue weighted by Crippen LogP contribution is 2.30. The van der Waals surface area contributed by atoms with Crippen molar-refractivity contribution < 1.29 is 14.3 Å². The van der Waals surface area contributed by atoms with Crippen molar-refractivity contribution in [3.05, 3.63) is 28.8 Å². The minimum Gasteiger partial charge on any atom is -0.444 e. The summed E-state index contributed by atoms with van der Waals surface area (Å²) in [6.45, 7) is 9.51. The van der Waals surface area contributed by atoms with Crippen molar-refractivity contribution in [3.8, 4) is 0 Å². The quantitative estimate of drug-likeness (QED) is 0.773. The van der Waals surface area contributed by atoms with E-state index in [1.807, 2.05) is 32.9 Å². The fourth-order valence-corrected chi connectivity index (χ4v) is 2.87. The van der Waals surface area contributed by atoms with Crippen molar-refractivity contribution in [2.45, 2.75) is 33.3 Å². The number of hydrogen-bond donors (Lipinski definition) is 0. The maximum atomic E-state index is 12.1. The average molecular weight is 339 g/mol. The summed E-state index contributed by atoms with van der Waals surface area (Å²) in [5.41, 5.74) is 0.870. The van der Waals surface area contributed by atoms with Gasteiger partial charge in [0.2, 0.25) is 0 Å². The highest BCUT2D eigenvalue weighted by molar-refractivity contribution is 6.36. The van der Waals surface area contributed by atoms with Gasteiger partial charge in [0.25, 0.3) is 0 Å². The summed E-state index contributed by atoms with van der Waals surface area (Å²) in [6, 6.07) is 5.46. The second kappa shape index (κ2) is 6.79. The third-order valence-electron chi connectivity index (χ3n) is 3.63. The number of rotatable bonds is 2. The Labute approximate surface area is 142 Å². The Morgan fingerprint density at radius 1 is 1.13 bits per heavy atom. The number of amides is 1. The molecule has 0 atom stereocenters. The summed E-state index contributed by atoms with van der Waals surface area (Å²) >= 11 is 6.36. The lowest BCUT2D eigenvalue weighted by molar-refractivity contribution is 0.0240. The predicted octanol–water partition coefficient (Wildman–Crippen LogP) is 3.60. The number of carbonyl (C=O) groups excluding carboxylic acids is 2. The smallest absolute Gasteiger partial charge is 0.410 e. The molecule has 5 nitrogen and oxygen atoms in total. The molecule has 0 radical (unpaired) electrons. The number of hydrogen-bond acceptors (Lipinski definition) is 4. The summed E-state index contributed by atoms with van der Waals surface area (Å²) in [5, 5.41) is 0.478. The molecule has 0 spiro atoms. The largest absolute Gasteiger partial charge is 0.444 e. The second-order valence-electron chi connectivity index (χ2n) is 6.65. The number of ether oxygens (including phenoxy) is 1. The Morgan fingerprint density at radius 3 is 2.26 bits per heavy atom. The van der Waals surface area contributed by atoms with Gasteiger partial charge in [-0.1, -0.05) is 17.7 Å². The summed E-state index contributed by atoms with van der Waals surface area (Å²) in [6.07, 6.45) is -0.291. The highest BCUT2D eigenvalue weighted by Gasteiger charge is 2.27. The fourth-order valence-electron chi connectivity index (χ4n) is 2.49. The Kier molecular flexibility index (Phi) is 5.19. The number of anilines is 1. The molecule has 1 aliphatic rings. The van der Waals surface area contributed by atoms with E-state index in [-0.39, 0.29) is 11.9 Å². The molecule has 0 bridgehead atoms. The van der Waals surface area contributed by atoms with E-state index in [0.717, 1.165) is 5.69 Å². The van der Waals surface area contributed by atoms with Crippen molar-refractivity contribution in [3.63, 3.8) is 0 Å². The lowest BCUT2D eigenvalue weighted by Gasteiger charge is -2.37. The third kappa shape index (κ3) is 4.38. The summed E-state index contributed by atoms with van der Waals surface area (Å²) in [5.74, 6) is -0.0516. The van der Waals surface area contributed by atoms with Crippen LogP contribution in [0.3, 0.4) is 0 Å². The monoisotopic (exact) mass is 338 g/mol. The van der Waals surface area contributed by atoms with Gasteiger partial charge in [-0.05, 0) is 39.8 Å². The zero-order chi connectivity index (χ0) is 17.2. The minimum absolute atomic E-state index is 0.0516. The maximum absolute atomic E-state index is 12.1. The molecule has 0 saturated carbocycles. The maximum Gasteiger partial charge on any atom is 0.410 e. The first-order valence-corrected chi connectivity index (χ1v) is 8.09. The minimum atomic E-state index is -0.493. The predicted molar refractivity (Wildman–Crippen MR) is 91.5 cm³/mol. The van der Waals surface area contributed by atoms with Crippen molar-refractivity contribution >= 4 is 29.2 Å². The molecule has 0 aromatic heterocycles. The van der Waals surface area contributed by atoms with Crippen LogP contribution in [0.25, 0.3) is 0 Å². The number of ketones is 1. The van der Waals surface area contributed by atoms with Crippen LogP contribution >= 0.6 is 11.6 Å². The third-order valence-corrected chi connectivity index (χ3v) is 4.03. The number of benzene rings is 1. The lowest BCUT2D eigenvalue weighted by Crippen LogP contribution is -2.50. The molecule has 126 valence electrons. The van der Waals surface area contributed by atoms with Crippen molar-refractivity contribution in [1.82, 2.24) is 4.90 Å². The van der Waals surface area contributed by atoms with E-state index in [1.54, 1.807) is 11.0 Å². The van der Waals surface area contributed by atoms with Crippen LogP contribution in [0.2, 0.25) is 5.02 Å². The standard InChI is InChI=1S/C17H23ClN2O3/c1-12(21)13-6-5-7-14(15(13)18)19-8-10-20(11-9-19)16(22)23-17(2,3)4/h5-7H,8-11H2,1-4H3. The van der Waals surface area contributed by atoms with Gasteiger partial charge < -0.3 is 14.5 Å². The van der Waals surface area contributed by atoms with E-state index < -0.39 is 5.60 Å². The number of carbonyl (C=O) groups is 2. The van der Waals surface area contributed by atoms with E-state index in [0.29, 0.717) is 36.8 Å². The SMILES string of the molecule is CC(=O)c1cccc(N2CCN(C(=O)OC(C)(C)C)CC2)c1Cl. The summed E-state index contributed by atoms with van der Waals surface area (Å²) < 4.78 is 5.39. The molecule has 2 rings (SSSR count). The Morgan fingerprint density at radius 2 is 1.74 bits per heavy atom. The molecule has 1 heterocycles. The molecule has 1 aromatic carbocycles. The number of halogens is 1. The highest BCUT2D eigenvalue weighted by atomic mass is 35.5. The molecule has 1 aromatic rings. The van der Waals surface area contributed by atoms with Crippen LogP contribution in [0.15, 0.2) is 18.2 Å². The van der Waals surface area contributed by atoms with Gasteiger partial charge >= 0.3 is 6.09 Å². The van der Waals surface area contributed by atoms with Gasteiger partial charge in [0.15, 0.2) is 5.78 Å². The van der Waals surface area contributed by atoms with E-state index >= 15 is 0 Å². The van der Waals surface area contributed by atoms with Crippen LogP contribution in [-0.2, 0) is 4.74 Å². The van der Waals surface area contributed by atoms with Gasteiger partial charge in [0.1, 0.15) is 5.60 Å². The topological polar surface area (TPSA) is 49.9 Å². The Balaban J connectivity index is 2.04. The zero-order valence-corrected chi connectivity index (χ0v) is 14.8. The van der Waals surface area contributed by atoms with Crippen LogP contribution in [0.5, 0.6) is 0 Å². The van der Waals surface area contributed by atoms with E-state index in [2.05, 4.69) is 4.90 Å². The van der Waals surface area contributed by atoms with Crippen molar-refractivity contribution in [1.29, 1.82) is 0 Å². The molecular formula is C17H23ClN2O3. The number of piperazine rings is 1. The number of Topliss-reactive ketones (excluding diaryl/α,β-unsaturated/α-hetero) is 1. The van der Waals surface area contributed by atoms with E-state index in [9.17, 15) is 9.59 Å². The first kappa shape index (κ1) is 17.6. The molecule has 1 fully saturated rings. The van der Waals surface area contributed by atoms with Crippen molar-refractivity contribution in [2.24, 2.45) is 0 Å². The molecular weight excluding hydrogens is 316 g/mol. The van der Waals surface area contributed by atoms with E-state index in [4.69, 9.17) is 16.3 Å². The second-order valence-corrected chi connectivity index (χ2v) is 7.03. The van der Waals surface area contributed by atoms with Crippen LogP contribution in [0, 0.1) is 0 Å². The fraction of sp³-hybridized carbons (Fsp3) is 0.529.